The maximum Gasteiger partial charge on any atom is 0.410 e. The third kappa shape index (κ3) is 4.86. The number of halogens is 1. The Hall–Kier alpha value is -3.09. The van der Waals surface area contributed by atoms with Gasteiger partial charge in [0.05, 0.1) is 17.3 Å². The fraction of sp³-hybridized carbons (Fsp3) is 0.423. The SMILES string of the molecule is CC(C)(C)OC(=O)N1CC(N2CCN(c3ccc(-c4cc(Br)cn5ncc(C#N)c45)cc3)CC2)C1. The maximum absolute atomic E-state index is 12.2. The number of piperazine rings is 1. The first-order valence-electron chi connectivity index (χ1n) is 11.9. The molecule has 9 heteroatoms. The molecule has 0 radical (unpaired) electrons. The topological polar surface area (TPSA) is 77.1 Å². The molecule has 35 heavy (non-hydrogen) atoms. The van der Waals surface area contributed by atoms with Crippen LogP contribution in [0.1, 0.15) is 26.3 Å². The van der Waals surface area contributed by atoms with Crippen molar-refractivity contribution < 1.29 is 9.53 Å². The summed E-state index contributed by atoms with van der Waals surface area (Å²) in [4.78, 5) is 18.9. The minimum Gasteiger partial charge on any atom is -0.444 e. The van der Waals surface area contributed by atoms with Gasteiger partial charge >= 0.3 is 6.09 Å². The van der Waals surface area contributed by atoms with Crippen molar-refractivity contribution in [2.24, 2.45) is 0 Å². The number of ether oxygens (including phenoxy) is 1. The van der Waals surface area contributed by atoms with Crippen molar-refractivity contribution in [3.05, 3.63) is 52.8 Å². The second kappa shape index (κ2) is 9.17. The quantitative estimate of drug-likeness (QED) is 0.494. The van der Waals surface area contributed by atoms with E-state index in [2.05, 4.69) is 61.2 Å². The summed E-state index contributed by atoms with van der Waals surface area (Å²) < 4.78 is 8.13. The highest BCUT2D eigenvalue weighted by Gasteiger charge is 2.38. The van der Waals surface area contributed by atoms with Gasteiger partial charge in [-0.05, 0) is 60.5 Å². The van der Waals surface area contributed by atoms with E-state index in [-0.39, 0.29) is 6.09 Å². The number of hydrogen-bond donors (Lipinski definition) is 0. The van der Waals surface area contributed by atoms with Crippen molar-refractivity contribution in [3.8, 4) is 17.2 Å². The highest BCUT2D eigenvalue weighted by atomic mass is 79.9. The van der Waals surface area contributed by atoms with E-state index in [0.29, 0.717) is 11.6 Å². The molecule has 1 aromatic carbocycles. The summed E-state index contributed by atoms with van der Waals surface area (Å²) in [6.45, 7) is 11.0. The molecule has 2 aliphatic rings. The number of anilines is 1. The van der Waals surface area contributed by atoms with Crippen LogP contribution in [-0.4, -0.2) is 76.4 Å². The van der Waals surface area contributed by atoms with Crippen molar-refractivity contribution in [1.82, 2.24) is 19.4 Å². The Bertz CT molecular complexity index is 1280. The average molecular weight is 537 g/mol. The Kier molecular flexibility index (Phi) is 6.20. The van der Waals surface area contributed by atoms with Gasteiger partial charge in [0.1, 0.15) is 11.7 Å². The first-order chi connectivity index (χ1) is 16.7. The van der Waals surface area contributed by atoms with Crippen LogP contribution >= 0.6 is 15.9 Å². The minimum atomic E-state index is -0.455. The second-order valence-electron chi connectivity index (χ2n) is 10.1. The fourth-order valence-electron chi connectivity index (χ4n) is 4.75. The van der Waals surface area contributed by atoms with Gasteiger partial charge in [-0.25, -0.2) is 9.31 Å². The molecule has 4 heterocycles. The molecule has 1 amide bonds. The highest BCUT2D eigenvalue weighted by Crippen LogP contribution is 2.31. The average Bonchev–Trinajstić information content (AvgIpc) is 3.20. The zero-order valence-electron chi connectivity index (χ0n) is 20.2. The van der Waals surface area contributed by atoms with Crippen LogP contribution in [0.5, 0.6) is 0 Å². The molecule has 2 saturated heterocycles. The number of hydrogen-bond acceptors (Lipinski definition) is 6. The van der Waals surface area contributed by atoms with Gasteiger partial charge < -0.3 is 14.5 Å². The molecule has 2 fully saturated rings. The molecule has 8 nitrogen and oxygen atoms in total. The summed E-state index contributed by atoms with van der Waals surface area (Å²) in [5, 5.41) is 13.8. The summed E-state index contributed by atoms with van der Waals surface area (Å²) in [6, 6.07) is 13.2. The molecule has 0 unspecified atom stereocenters. The van der Waals surface area contributed by atoms with Gasteiger partial charge in [0.25, 0.3) is 0 Å². The van der Waals surface area contributed by atoms with Crippen LogP contribution in [0.3, 0.4) is 0 Å². The first kappa shape index (κ1) is 23.6. The van der Waals surface area contributed by atoms with E-state index >= 15 is 0 Å². The lowest BCUT2D eigenvalue weighted by Gasteiger charge is -2.48. The van der Waals surface area contributed by atoms with Crippen LogP contribution in [0.4, 0.5) is 10.5 Å². The van der Waals surface area contributed by atoms with Crippen molar-refractivity contribution in [1.29, 1.82) is 5.26 Å². The van der Waals surface area contributed by atoms with Crippen molar-refractivity contribution >= 4 is 33.2 Å². The zero-order valence-corrected chi connectivity index (χ0v) is 21.8. The van der Waals surface area contributed by atoms with E-state index in [9.17, 15) is 10.1 Å². The molecule has 0 atom stereocenters. The van der Waals surface area contributed by atoms with E-state index in [1.165, 1.54) is 5.69 Å². The number of aromatic nitrogens is 2. The predicted octanol–water partition coefficient (Wildman–Crippen LogP) is 4.38. The van der Waals surface area contributed by atoms with Gasteiger partial charge in [-0.1, -0.05) is 12.1 Å². The molecule has 182 valence electrons. The fourth-order valence-corrected chi connectivity index (χ4v) is 5.17. The van der Waals surface area contributed by atoms with Crippen molar-refractivity contribution in [2.45, 2.75) is 32.4 Å². The van der Waals surface area contributed by atoms with E-state index in [4.69, 9.17) is 4.74 Å². The summed E-state index contributed by atoms with van der Waals surface area (Å²) in [7, 11) is 0. The number of carbonyl (C=O) groups is 1. The van der Waals surface area contributed by atoms with Gasteiger partial charge in [0.2, 0.25) is 0 Å². The lowest BCUT2D eigenvalue weighted by molar-refractivity contribution is -0.0162. The second-order valence-corrected chi connectivity index (χ2v) is 11.1. The largest absolute Gasteiger partial charge is 0.444 e. The van der Waals surface area contributed by atoms with E-state index in [1.807, 2.05) is 33.0 Å². The van der Waals surface area contributed by atoms with Crippen LogP contribution in [0.15, 0.2) is 47.2 Å². The molecule has 0 bridgehead atoms. The minimum absolute atomic E-state index is 0.215. The Labute approximate surface area is 213 Å². The number of fused-ring (bicyclic) bond motifs is 1. The molecule has 3 aromatic rings. The zero-order chi connectivity index (χ0) is 24.7. The number of nitriles is 1. The number of pyridine rings is 1. The Morgan fingerprint density at radius 2 is 1.83 bits per heavy atom. The number of likely N-dealkylation sites (tertiary alicyclic amines) is 1. The summed E-state index contributed by atoms with van der Waals surface area (Å²) in [5.74, 6) is 0. The third-order valence-corrected chi connectivity index (χ3v) is 7.02. The standard InChI is InChI=1S/C26H29BrN6O2/c1-26(2,3)35-25(34)32-16-22(17-32)31-10-8-30(9-11-31)21-6-4-18(5-7-21)23-12-20(27)15-33-24(23)19(13-28)14-29-33/h4-7,12,14-15,22H,8-11,16-17H2,1-3H3. The van der Waals surface area contributed by atoms with Crippen LogP contribution in [-0.2, 0) is 4.74 Å². The molecule has 0 spiro atoms. The van der Waals surface area contributed by atoms with Crippen molar-refractivity contribution in [2.75, 3.05) is 44.2 Å². The Morgan fingerprint density at radius 1 is 1.14 bits per heavy atom. The van der Waals surface area contributed by atoms with Gasteiger partial charge in [-0.2, -0.15) is 10.4 Å². The number of benzene rings is 1. The van der Waals surface area contributed by atoms with Gasteiger partial charge in [0, 0.05) is 67.2 Å². The normalized spacial score (nSPS) is 17.3. The molecular weight excluding hydrogens is 508 g/mol. The molecule has 2 aliphatic heterocycles. The Balaban J connectivity index is 1.20. The molecule has 2 aromatic heterocycles. The summed E-state index contributed by atoms with van der Waals surface area (Å²) in [5.41, 5.74) is 4.14. The number of carbonyl (C=O) groups excluding carboxylic acids is 1. The monoisotopic (exact) mass is 536 g/mol. The van der Waals surface area contributed by atoms with Crippen LogP contribution in [0.2, 0.25) is 0 Å². The first-order valence-corrected chi connectivity index (χ1v) is 12.7. The van der Waals surface area contributed by atoms with E-state index < -0.39 is 5.60 Å². The maximum atomic E-state index is 12.2. The molecular formula is C26H29BrN6O2. The molecule has 0 N–H and O–H groups in total. The number of rotatable bonds is 3. The highest BCUT2D eigenvalue weighted by molar-refractivity contribution is 9.10. The molecule has 0 saturated carbocycles. The van der Waals surface area contributed by atoms with Gasteiger partial charge in [-0.15, -0.1) is 0 Å². The van der Waals surface area contributed by atoms with Crippen molar-refractivity contribution in [3.63, 3.8) is 0 Å². The lowest BCUT2D eigenvalue weighted by atomic mass is 10.0. The van der Waals surface area contributed by atoms with Crippen LogP contribution in [0, 0.1) is 11.3 Å². The van der Waals surface area contributed by atoms with E-state index in [0.717, 1.165) is 60.4 Å². The smallest absolute Gasteiger partial charge is 0.410 e. The lowest BCUT2D eigenvalue weighted by Crippen LogP contribution is -2.64. The van der Waals surface area contributed by atoms with Crippen LogP contribution < -0.4 is 4.90 Å². The molecule has 0 aliphatic carbocycles. The molecule has 5 rings (SSSR count). The summed E-state index contributed by atoms with van der Waals surface area (Å²) in [6.07, 6.45) is 3.25. The van der Waals surface area contributed by atoms with E-state index in [1.54, 1.807) is 15.6 Å². The number of amides is 1. The van der Waals surface area contributed by atoms with Crippen LogP contribution in [0.25, 0.3) is 16.6 Å². The predicted molar refractivity (Wildman–Crippen MR) is 138 cm³/mol. The number of nitrogens with zero attached hydrogens (tertiary/aromatic N) is 6. The van der Waals surface area contributed by atoms with Gasteiger partial charge in [-0.3, -0.25) is 4.90 Å². The Morgan fingerprint density at radius 3 is 2.46 bits per heavy atom. The van der Waals surface area contributed by atoms with Gasteiger partial charge in [0.15, 0.2) is 0 Å². The third-order valence-electron chi connectivity index (χ3n) is 6.59. The summed E-state index contributed by atoms with van der Waals surface area (Å²) >= 11 is 3.56.